The molecule has 0 aliphatic carbocycles. The molecule has 0 saturated carbocycles. The number of nitrogens with one attached hydrogen (secondary N) is 1. The zero-order chi connectivity index (χ0) is 20.2. The van der Waals surface area contributed by atoms with Crippen LogP contribution < -0.4 is 10.1 Å². The molecule has 0 unspecified atom stereocenters. The number of rotatable bonds is 5. The van der Waals surface area contributed by atoms with E-state index in [0.29, 0.717) is 12.8 Å². The first-order valence-corrected chi connectivity index (χ1v) is 8.87. The quantitative estimate of drug-likeness (QED) is 0.788. The van der Waals surface area contributed by atoms with Crippen LogP contribution in [0.1, 0.15) is 44.0 Å². The van der Waals surface area contributed by atoms with Crippen molar-refractivity contribution in [2.45, 2.75) is 45.5 Å². The van der Waals surface area contributed by atoms with E-state index in [0.717, 1.165) is 25.2 Å². The Kier molecular flexibility index (Phi) is 6.51. The highest BCUT2D eigenvalue weighted by atomic mass is 19.4. The zero-order valence-corrected chi connectivity index (χ0v) is 15.7. The zero-order valence-electron chi connectivity index (χ0n) is 15.7. The molecule has 1 heterocycles. The minimum atomic E-state index is -4.82. The number of alkyl halides is 3. The van der Waals surface area contributed by atoms with Gasteiger partial charge in [0.05, 0.1) is 6.54 Å². The number of carbonyl (C=O) groups is 2. The summed E-state index contributed by atoms with van der Waals surface area (Å²) in [7, 11) is 0. The molecule has 1 aliphatic rings. The number of nitrogens with zero attached hydrogens (tertiary/aromatic N) is 1. The fourth-order valence-corrected chi connectivity index (χ4v) is 3.09. The lowest BCUT2D eigenvalue weighted by atomic mass is 9.92. The van der Waals surface area contributed by atoms with Crippen LogP contribution in [0.2, 0.25) is 0 Å². The summed E-state index contributed by atoms with van der Waals surface area (Å²) in [4.78, 5) is 26.8. The molecule has 0 atom stereocenters. The summed E-state index contributed by atoms with van der Waals surface area (Å²) in [6, 6.07) is 4.83. The Hall–Kier alpha value is -2.09. The van der Waals surface area contributed by atoms with E-state index in [1.807, 2.05) is 0 Å². The normalized spacial score (nSPS) is 16.8. The predicted octanol–water partition coefficient (Wildman–Crippen LogP) is 3.39. The van der Waals surface area contributed by atoms with Crippen LogP contribution in [0, 0.1) is 5.92 Å². The van der Waals surface area contributed by atoms with Crippen LogP contribution in [0.4, 0.5) is 13.2 Å². The van der Waals surface area contributed by atoms with Gasteiger partial charge in [-0.25, -0.2) is 0 Å². The number of benzene rings is 1. The van der Waals surface area contributed by atoms with Gasteiger partial charge in [-0.2, -0.15) is 0 Å². The number of ketones is 1. The van der Waals surface area contributed by atoms with Gasteiger partial charge in [-0.05, 0) is 58.8 Å². The van der Waals surface area contributed by atoms with Crippen LogP contribution >= 0.6 is 0 Å². The summed E-state index contributed by atoms with van der Waals surface area (Å²) >= 11 is 0. The van der Waals surface area contributed by atoms with E-state index < -0.39 is 17.9 Å². The Labute approximate surface area is 156 Å². The van der Waals surface area contributed by atoms with Crippen LogP contribution in [0.3, 0.4) is 0 Å². The van der Waals surface area contributed by atoms with E-state index in [1.54, 1.807) is 0 Å². The first-order valence-electron chi connectivity index (χ1n) is 8.87. The largest absolute Gasteiger partial charge is 0.573 e. The van der Waals surface area contributed by atoms with E-state index in [4.69, 9.17) is 0 Å². The number of carbonyl (C=O) groups excluding carboxylic acids is 2. The molecule has 0 aromatic heterocycles. The molecule has 2 rings (SSSR count). The van der Waals surface area contributed by atoms with Crippen molar-refractivity contribution in [3.05, 3.63) is 29.8 Å². The summed E-state index contributed by atoms with van der Waals surface area (Å²) in [5, 5.41) is 2.60. The van der Waals surface area contributed by atoms with Crippen molar-refractivity contribution >= 4 is 11.7 Å². The van der Waals surface area contributed by atoms with E-state index in [2.05, 4.69) is 35.7 Å². The van der Waals surface area contributed by atoms with Crippen molar-refractivity contribution in [2.75, 3.05) is 19.6 Å². The summed E-state index contributed by atoms with van der Waals surface area (Å²) in [5.74, 6) is -1.28. The van der Waals surface area contributed by atoms with Crippen LogP contribution in [0.25, 0.3) is 0 Å². The van der Waals surface area contributed by atoms with Crippen molar-refractivity contribution in [3.8, 4) is 5.75 Å². The average molecular weight is 386 g/mol. The molecule has 0 radical (unpaired) electrons. The fraction of sp³-hybridized carbons (Fsp3) is 0.579. The Balaban J connectivity index is 1.85. The van der Waals surface area contributed by atoms with Crippen LogP contribution in [0.15, 0.2) is 24.3 Å². The summed E-state index contributed by atoms with van der Waals surface area (Å²) < 4.78 is 40.6. The number of amides is 1. The van der Waals surface area contributed by atoms with Gasteiger partial charge in [0.1, 0.15) is 5.75 Å². The molecule has 27 heavy (non-hydrogen) atoms. The van der Waals surface area contributed by atoms with Crippen molar-refractivity contribution < 1.29 is 27.5 Å². The maximum absolute atomic E-state index is 12.3. The Bertz CT molecular complexity index is 676. The number of likely N-dealkylation sites (tertiary alicyclic amines) is 1. The second kappa shape index (κ2) is 8.29. The summed E-state index contributed by atoms with van der Waals surface area (Å²) in [5.41, 5.74) is 0.112. The molecule has 1 aliphatic heterocycles. The highest BCUT2D eigenvalue weighted by Gasteiger charge is 2.32. The first-order chi connectivity index (χ1) is 12.5. The lowest BCUT2D eigenvalue weighted by Gasteiger charge is -2.40. The van der Waals surface area contributed by atoms with Crippen molar-refractivity contribution in [3.63, 3.8) is 0 Å². The monoisotopic (exact) mass is 386 g/mol. The third-order valence-corrected chi connectivity index (χ3v) is 4.63. The molecule has 1 N–H and O–H groups in total. The minimum Gasteiger partial charge on any atom is -0.406 e. The standard InChI is InChI=1S/C19H25F3N2O3/c1-18(2,3)24-9-7-13(8-10-24)17(26)23-12-16(25)14-5-4-6-15(11-14)27-19(20,21)22/h4-6,11,13H,7-10,12H2,1-3H3,(H,23,26). The Morgan fingerprint density at radius 2 is 1.81 bits per heavy atom. The fourth-order valence-electron chi connectivity index (χ4n) is 3.09. The SMILES string of the molecule is CC(C)(C)N1CCC(C(=O)NCC(=O)c2cccc(OC(F)(F)F)c2)CC1. The van der Waals surface area contributed by atoms with Gasteiger partial charge < -0.3 is 10.1 Å². The summed E-state index contributed by atoms with van der Waals surface area (Å²) in [6.45, 7) is 7.75. The van der Waals surface area contributed by atoms with Gasteiger partial charge in [-0.3, -0.25) is 14.5 Å². The molecule has 5 nitrogen and oxygen atoms in total. The molecule has 0 bridgehead atoms. The Morgan fingerprint density at radius 1 is 1.19 bits per heavy atom. The number of hydrogen-bond donors (Lipinski definition) is 1. The van der Waals surface area contributed by atoms with Gasteiger partial charge in [0.2, 0.25) is 5.91 Å². The molecule has 1 saturated heterocycles. The molecule has 1 amide bonds. The maximum atomic E-state index is 12.3. The van der Waals surface area contributed by atoms with Crippen LogP contribution in [-0.2, 0) is 4.79 Å². The van der Waals surface area contributed by atoms with E-state index in [9.17, 15) is 22.8 Å². The minimum absolute atomic E-state index is 0.0552. The van der Waals surface area contributed by atoms with Crippen LogP contribution in [0.5, 0.6) is 5.75 Å². The van der Waals surface area contributed by atoms with Gasteiger partial charge >= 0.3 is 6.36 Å². The molecule has 8 heteroatoms. The molecule has 1 fully saturated rings. The lowest BCUT2D eigenvalue weighted by Crippen LogP contribution is -2.48. The number of ether oxygens (including phenoxy) is 1. The predicted molar refractivity (Wildman–Crippen MR) is 94.5 cm³/mol. The lowest BCUT2D eigenvalue weighted by molar-refractivity contribution is -0.274. The third-order valence-electron chi connectivity index (χ3n) is 4.63. The highest BCUT2D eigenvalue weighted by molar-refractivity contribution is 5.99. The Morgan fingerprint density at radius 3 is 2.37 bits per heavy atom. The van der Waals surface area contributed by atoms with Gasteiger partial charge in [0.25, 0.3) is 0 Å². The van der Waals surface area contributed by atoms with Gasteiger partial charge in [-0.1, -0.05) is 12.1 Å². The van der Waals surface area contributed by atoms with Gasteiger partial charge in [-0.15, -0.1) is 13.2 Å². The van der Waals surface area contributed by atoms with E-state index in [-0.39, 0.29) is 29.5 Å². The molecule has 0 spiro atoms. The molecular weight excluding hydrogens is 361 g/mol. The maximum Gasteiger partial charge on any atom is 0.573 e. The number of piperidine rings is 1. The van der Waals surface area contributed by atoms with Crippen molar-refractivity contribution in [2.24, 2.45) is 5.92 Å². The third kappa shape index (κ3) is 6.53. The van der Waals surface area contributed by atoms with Gasteiger partial charge in [0, 0.05) is 17.0 Å². The second-order valence-electron chi connectivity index (χ2n) is 7.65. The number of Topliss-reactive ketones (excluding diaryl/α,β-unsaturated/α-hetero) is 1. The van der Waals surface area contributed by atoms with E-state index >= 15 is 0 Å². The summed E-state index contributed by atoms with van der Waals surface area (Å²) in [6.07, 6.45) is -3.39. The topological polar surface area (TPSA) is 58.6 Å². The molecule has 1 aromatic rings. The van der Waals surface area contributed by atoms with Crippen molar-refractivity contribution in [1.29, 1.82) is 0 Å². The smallest absolute Gasteiger partial charge is 0.406 e. The number of hydrogen-bond acceptors (Lipinski definition) is 4. The highest BCUT2D eigenvalue weighted by Crippen LogP contribution is 2.25. The number of halogens is 3. The van der Waals surface area contributed by atoms with Crippen LogP contribution in [-0.4, -0.2) is 48.1 Å². The van der Waals surface area contributed by atoms with Crippen molar-refractivity contribution in [1.82, 2.24) is 10.2 Å². The first kappa shape index (κ1) is 21.2. The van der Waals surface area contributed by atoms with E-state index in [1.165, 1.54) is 12.1 Å². The molecular formula is C19H25F3N2O3. The van der Waals surface area contributed by atoms with Gasteiger partial charge in [0.15, 0.2) is 5.78 Å². The second-order valence-corrected chi connectivity index (χ2v) is 7.65. The molecule has 150 valence electrons. The average Bonchev–Trinajstić information content (AvgIpc) is 2.57. The molecule has 1 aromatic carbocycles.